The number of aromatic nitrogens is 2. The van der Waals surface area contributed by atoms with Crippen molar-refractivity contribution < 1.29 is 31.5 Å². The number of carboxylic acid groups (broad SMARTS) is 1. The van der Waals surface area contributed by atoms with Crippen molar-refractivity contribution in [1.82, 2.24) is 9.97 Å². The summed E-state index contributed by atoms with van der Waals surface area (Å²) in [5, 5.41) is 8.74. The molecule has 1 aliphatic rings. The Labute approximate surface area is 237 Å². The summed E-state index contributed by atoms with van der Waals surface area (Å²) in [7, 11) is -4.31. The third-order valence-corrected chi connectivity index (χ3v) is 8.22. The Balaban J connectivity index is 1.75. The zero-order valence-corrected chi connectivity index (χ0v) is 23.3. The lowest BCUT2D eigenvalue weighted by molar-refractivity contribution is -0.138. The molecule has 1 aliphatic heterocycles. The molecule has 41 heavy (non-hydrogen) atoms. The van der Waals surface area contributed by atoms with Gasteiger partial charge in [-0.15, -0.1) is 0 Å². The van der Waals surface area contributed by atoms with Crippen LogP contribution in [-0.4, -0.2) is 42.6 Å². The molecule has 3 heterocycles. The molecule has 0 fully saturated rings. The molecule has 0 unspecified atom stereocenters. The predicted octanol–water partition coefficient (Wildman–Crippen LogP) is 6.53. The molecule has 4 rings (SSSR count). The molecule has 12 heteroatoms. The first-order valence-electron chi connectivity index (χ1n) is 13.7. The Morgan fingerprint density at radius 3 is 2.41 bits per heavy atom. The number of benzene rings is 1. The lowest BCUT2D eigenvalue weighted by Gasteiger charge is -2.24. The van der Waals surface area contributed by atoms with E-state index < -0.39 is 27.7 Å². The molecule has 220 valence electrons. The van der Waals surface area contributed by atoms with Crippen LogP contribution in [0.25, 0.3) is 11.3 Å². The van der Waals surface area contributed by atoms with Gasteiger partial charge in [0.25, 0.3) is 10.0 Å². The lowest BCUT2D eigenvalue weighted by atomic mass is 9.96. The number of rotatable bonds is 4. The number of carboxylic acids is 1. The minimum Gasteiger partial charge on any atom is -0.481 e. The lowest BCUT2D eigenvalue weighted by Crippen LogP contribution is -2.28. The number of fused-ring (bicyclic) bond motifs is 6. The van der Waals surface area contributed by atoms with Crippen molar-refractivity contribution in [2.24, 2.45) is 0 Å². The molecular formula is C29H33F3N4O4S. The number of alkyl halides is 3. The van der Waals surface area contributed by atoms with Crippen LogP contribution in [0.2, 0.25) is 0 Å². The molecule has 0 saturated heterocycles. The summed E-state index contributed by atoms with van der Waals surface area (Å²) in [4.78, 5) is 21.4. The molecule has 2 aromatic heterocycles. The number of sulfonamides is 1. The Kier molecular flexibility index (Phi) is 9.85. The molecule has 0 atom stereocenters. The van der Waals surface area contributed by atoms with Crippen molar-refractivity contribution in [3.63, 3.8) is 0 Å². The average molecular weight is 591 g/mol. The SMILES string of the molecule is O=C(O)CCCN1CCCCCCCCc2ccccc2-c2nc(ccc2C(F)(F)F)NS(=O)(=O)c2cccc1n2. The number of carbonyl (C=O) groups is 1. The van der Waals surface area contributed by atoms with Crippen molar-refractivity contribution in [3.05, 3.63) is 65.7 Å². The number of pyridine rings is 2. The van der Waals surface area contributed by atoms with E-state index in [2.05, 4.69) is 14.7 Å². The Bertz CT molecular complexity index is 1460. The molecule has 2 N–H and O–H groups in total. The first kappa shape index (κ1) is 30.3. The van der Waals surface area contributed by atoms with Crippen LogP contribution in [0.1, 0.15) is 62.5 Å². The summed E-state index contributed by atoms with van der Waals surface area (Å²) >= 11 is 0. The maximum atomic E-state index is 14.0. The van der Waals surface area contributed by atoms with Crippen LogP contribution in [0.5, 0.6) is 0 Å². The van der Waals surface area contributed by atoms with Crippen molar-refractivity contribution in [2.75, 3.05) is 22.7 Å². The second-order valence-corrected chi connectivity index (χ2v) is 11.7. The Hall–Kier alpha value is -3.67. The van der Waals surface area contributed by atoms with Gasteiger partial charge in [0.05, 0.1) is 11.3 Å². The molecule has 0 radical (unpaired) electrons. The summed E-state index contributed by atoms with van der Waals surface area (Å²) in [6.45, 7) is 0.971. The second kappa shape index (κ2) is 13.3. The highest BCUT2D eigenvalue weighted by atomic mass is 32.2. The smallest absolute Gasteiger partial charge is 0.418 e. The van der Waals surface area contributed by atoms with Gasteiger partial charge in [-0.25, -0.2) is 9.97 Å². The molecule has 8 nitrogen and oxygen atoms in total. The third kappa shape index (κ3) is 8.18. The van der Waals surface area contributed by atoms with Gasteiger partial charge < -0.3 is 10.0 Å². The highest BCUT2D eigenvalue weighted by Gasteiger charge is 2.35. The summed E-state index contributed by atoms with van der Waals surface area (Å²) in [5.41, 5.74) is -0.251. The van der Waals surface area contributed by atoms with Crippen molar-refractivity contribution >= 4 is 27.6 Å². The monoisotopic (exact) mass is 590 g/mol. The fourth-order valence-electron chi connectivity index (χ4n) is 4.93. The summed E-state index contributed by atoms with van der Waals surface area (Å²) in [6.07, 6.45) is 1.61. The van der Waals surface area contributed by atoms with E-state index >= 15 is 0 Å². The minimum absolute atomic E-state index is 0.0274. The molecule has 0 spiro atoms. The van der Waals surface area contributed by atoms with Crippen LogP contribution < -0.4 is 9.62 Å². The molecule has 0 saturated carbocycles. The molecule has 1 aromatic carbocycles. The molecular weight excluding hydrogens is 557 g/mol. The number of aliphatic carboxylic acids is 1. The summed E-state index contributed by atoms with van der Waals surface area (Å²) in [5.74, 6) is -0.793. The standard InChI is InChI=1S/C29H33F3N4O4S/c30-29(31,32)23-17-18-24-33-28(23)22-13-7-6-12-21(22)11-5-3-1-2-4-8-19-36(20-10-16-27(37)38)25-14-9-15-26(34-25)41(39,40)35-24/h6-7,9,12-15,17-18H,1-5,8,10-11,16,19-20H2,(H,33,35)(H,37,38). The van der Waals surface area contributed by atoms with Crippen LogP contribution >= 0.6 is 0 Å². The van der Waals surface area contributed by atoms with Gasteiger partial charge in [0, 0.05) is 25.1 Å². The highest BCUT2D eigenvalue weighted by molar-refractivity contribution is 7.92. The maximum Gasteiger partial charge on any atom is 0.418 e. The fraction of sp³-hybridized carbons (Fsp3) is 0.414. The topological polar surface area (TPSA) is 112 Å². The van der Waals surface area contributed by atoms with E-state index in [4.69, 9.17) is 5.11 Å². The Morgan fingerprint density at radius 1 is 0.927 bits per heavy atom. The van der Waals surface area contributed by atoms with E-state index in [0.717, 1.165) is 56.2 Å². The first-order valence-corrected chi connectivity index (χ1v) is 15.2. The van der Waals surface area contributed by atoms with Crippen molar-refractivity contribution in [1.29, 1.82) is 0 Å². The van der Waals surface area contributed by atoms with Crippen LogP contribution in [0.15, 0.2) is 59.6 Å². The largest absolute Gasteiger partial charge is 0.481 e. The van der Waals surface area contributed by atoms with E-state index in [-0.39, 0.29) is 23.0 Å². The normalized spacial score (nSPS) is 16.4. The second-order valence-electron chi connectivity index (χ2n) is 10.0. The van der Waals surface area contributed by atoms with Crippen molar-refractivity contribution in [2.45, 2.75) is 69.0 Å². The molecule has 0 aliphatic carbocycles. The van der Waals surface area contributed by atoms with E-state index in [9.17, 15) is 26.4 Å². The van der Waals surface area contributed by atoms with Gasteiger partial charge in [0.2, 0.25) is 0 Å². The quantitative estimate of drug-likeness (QED) is 0.355. The maximum absolute atomic E-state index is 14.0. The fourth-order valence-corrected chi connectivity index (χ4v) is 5.89. The van der Waals surface area contributed by atoms with Gasteiger partial charge in [-0.1, -0.05) is 56.0 Å². The minimum atomic E-state index is -4.69. The van der Waals surface area contributed by atoms with Crippen LogP contribution in [0.3, 0.4) is 0 Å². The van der Waals surface area contributed by atoms with E-state index in [0.29, 0.717) is 37.3 Å². The molecule has 3 aromatic rings. The number of nitrogens with one attached hydrogen (secondary N) is 1. The molecule has 4 bridgehead atoms. The number of nitrogens with zero attached hydrogens (tertiary/aromatic N) is 3. The number of aryl methyl sites for hydroxylation is 1. The third-order valence-electron chi connectivity index (χ3n) is 6.96. The zero-order valence-electron chi connectivity index (χ0n) is 22.5. The molecule has 0 amide bonds. The summed E-state index contributed by atoms with van der Waals surface area (Å²) in [6, 6.07) is 13.1. The first-order chi connectivity index (χ1) is 19.5. The van der Waals surface area contributed by atoms with Gasteiger partial charge in [-0.3, -0.25) is 9.52 Å². The number of anilines is 2. The predicted molar refractivity (Wildman–Crippen MR) is 150 cm³/mol. The van der Waals surface area contributed by atoms with Crippen LogP contribution in [0.4, 0.5) is 24.8 Å². The van der Waals surface area contributed by atoms with Crippen LogP contribution in [0, 0.1) is 0 Å². The zero-order chi connectivity index (χ0) is 29.5. The van der Waals surface area contributed by atoms with E-state index in [1.807, 2.05) is 4.90 Å². The van der Waals surface area contributed by atoms with Crippen molar-refractivity contribution in [3.8, 4) is 11.3 Å². The van der Waals surface area contributed by atoms with Gasteiger partial charge >= 0.3 is 12.1 Å². The summed E-state index contributed by atoms with van der Waals surface area (Å²) < 4.78 is 71.0. The highest BCUT2D eigenvalue weighted by Crippen LogP contribution is 2.38. The number of hydrogen-bond donors (Lipinski definition) is 2. The number of hydrogen-bond acceptors (Lipinski definition) is 6. The number of halogens is 3. The van der Waals surface area contributed by atoms with Gasteiger partial charge in [0.15, 0.2) is 5.03 Å². The van der Waals surface area contributed by atoms with E-state index in [1.54, 1.807) is 30.3 Å². The van der Waals surface area contributed by atoms with Gasteiger partial charge in [0.1, 0.15) is 11.6 Å². The van der Waals surface area contributed by atoms with Crippen LogP contribution in [-0.2, 0) is 27.4 Å². The van der Waals surface area contributed by atoms with E-state index in [1.165, 1.54) is 12.1 Å². The average Bonchev–Trinajstić information content (AvgIpc) is 2.92. The Morgan fingerprint density at radius 2 is 1.66 bits per heavy atom. The van der Waals surface area contributed by atoms with Gasteiger partial charge in [-0.05, 0) is 55.5 Å². The van der Waals surface area contributed by atoms with Gasteiger partial charge in [-0.2, -0.15) is 21.6 Å².